The Labute approximate surface area is 229 Å². The summed E-state index contributed by atoms with van der Waals surface area (Å²) in [5, 5.41) is 22.8. The molecular formula is C33H47NO4. The van der Waals surface area contributed by atoms with Gasteiger partial charge < -0.3 is 20.3 Å². The zero-order valence-electron chi connectivity index (χ0n) is 23.1. The van der Waals surface area contributed by atoms with Crippen molar-refractivity contribution in [3.8, 4) is 11.1 Å². The Morgan fingerprint density at radius 2 is 1.39 bits per heavy atom. The maximum absolute atomic E-state index is 12.5. The summed E-state index contributed by atoms with van der Waals surface area (Å²) in [6.07, 6.45) is 17.2. The lowest BCUT2D eigenvalue weighted by atomic mass is 9.98. The fourth-order valence-corrected chi connectivity index (χ4v) is 5.33. The minimum absolute atomic E-state index is 0.0312. The Morgan fingerprint density at radius 3 is 1.95 bits per heavy atom. The van der Waals surface area contributed by atoms with Gasteiger partial charge in [-0.15, -0.1) is 0 Å². The van der Waals surface area contributed by atoms with E-state index in [0.29, 0.717) is 0 Å². The number of ether oxygens (including phenoxy) is 1. The molecule has 0 heterocycles. The largest absolute Gasteiger partial charge is 0.449 e. The van der Waals surface area contributed by atoms with Crippen LogP contribution in [0.25, 0.3) is 11.1 Å². The summed E-state index contributed by atoms with van der Waals surface area (Å²) in [5.41, 5.74) is 4.63. The van der Waals surface area contributed by atoms with Gasteiger partial charge in [-0.3, -0.25) is 0 Å². The molecule has 1 aliphatic carbocycles. The standard InChI is InChI=1S/C33H47NO4/c1-2-3-4-5-6-7-8-9-10-11-12-13-14-23-32(36)31(24-35)34-33(37)38-25-30-28-21-17-15-19-26(28)27-20-16-18-22-29(27)30/h14-23,30-32,35-36H,2-13,24-25H2,1H3,(H,34,37)/t31-,32?/m1/s1. The number of amides is 1. The van der Waals surface area contributed by atoms with E-state index in [1.54, 1.807) is 6.08 Å². The molecule has 5 heteroatoms. The Kier molecular flexibility index (Phi) is 13.4. The smallest absolute Gasteiger partial charge is 0.407 e. The van der Waals surface area contributed by atoms with Crippen molar-refractivity contribution in [2.45, 2.75) is 102 Å². The molecule has 2 atom stereocenters. The highest BCUT2D eigenvalue weighted by molar-refractivity contribution is 5.79. The number of unbranched alkanes of at least 4 members (excludes halogenated alkanes) is 11. The second kappa shape index (κ2) is 17.1. The summed E-state index contributed by atoms with van der Waals surface area (Å²) in [4.78, 5) is 12.5. The van der Waals surface area contributed by atoms with E-state index in [0.717, 1.165) is 24.0 Å². The van der Waals surface area contributed by atoms with Crippen LogP contribution in [0.1, 0.15) is 101 Å². The molecule has 38 heavy (non-hydrogen) atoms. The van der Waals surface area contributed by atoms with Gasteiger partial charge in [-0.2, -0.15) is 0 Å². The van der Waals surface area contributed by atoms with Gasteiger partial charge in [0.1, 0.15) is 6.61 Å². The summed E-state index contributed by atoms with van der Waals surface area (Å²) in [6.45, 7) is 2.09. The number of hydrogen-bond acceptors (Lipinski definition) is 4. The van der Waals surface area contributed by atoms with Crippen LogP contribution in [-0.4, -0.2) is 41.7 Å². The first-order chi connectivity index (χ1) is 18.7. The van der Waals surface area contributed by atoms with Gasteiger partial charge in [0.15, 0.2) is 0 Å². The number of hydrogen-bond donors (Lipinski definition) is 3. The highest BCUT2D eigenvalue weighted by Crippen LogP contribution is 2.44. The maximum atomic E-state index is 12.5. The number of benzene rings is 2. The predicted octanol–water partition coefficient (Wildman–Crippen LogP) is 7.50. The molecule has 0 spiro atoms. The van der Waals surface area contributed by atoms with Crippen molar-refractivity contribution in [2.24, 2.45) is 0 Å². The summed E-state index contributed by atoms with van der Waals surface area (Å²) >= 11 is 0. The molecule has 208 valence electrons. The van der Waals surface area contributed by atoms with Crippen molar-refractivity contribution in [3.63, 3.8) is 0 Å². The molecule has 0 aliphatic heterocycles. The van der Waals surface area contributed by atoms with E-state index in [1.807, 2.05) is 30.3 Å². The monoisotopic (exact) mass is 521 g/mol. The number of rotatable bonds is 18. The number of fused-ring (bicyclic) bond motifs is 3. The van der Waals surface area contributed by atoms with Gasteiger partial charge >= 0.3 is 6.09 Å². The van der Waals surface area contributed by atoms with E-state index in [9.17, 15) is 15.0 Å². The highest BCUT2D eigenvalue weighted by atomic mass is 16.5. The fourth-order valence-electron chi connectivity index (χ4n) is 5.33. The minimum Gasteiger partial charge on any atom is -0.449 e. The molecule has 2 aromatic rings. The summed E-state index contributed by atoms with van der Waals surface area (Å²) in [7, 11) is 0. The van der Waals surface area contributed by atoms with Gasteiger partial charge in [-0.1, -0.05) is 132 Å². The third-order valence-corrected chi connectivity index (χ3v) is 7.56. The zero-order valence-corrected chi connectivity index (χ0v) is 23.1. The van der Waals surface area contributed by atoms with Gasteiger partial charge in [0.25, 0.3) is 0 Å². The first kappa shape index (κ1) is 29.9. The van der Waals surface area contributed by atoms with Crippen LogP contribution in [0, 0.1) is 0 Å². The fraction of sp³-hybridized carbons (Fsp3) is 0.545. The lowest BCUT2D eigenvalue weighted by Crippen LogP contribution is -2.45. The molecule has 1 unspecified atom stereocenters. The van der Waals surface area contributed by atoms with Crippen molar-refractivity contribution < 1.29 is 19.7 Å². The molecule has 3 rings (SSSR count). The van der Waals surface area contributed by atoms with E-state index >= 15 is 0 Å². The van der Waals surface area contributed by atoms with Crippen molar-refractivity contribution in [2.75, 3.05) is 13.2 Å². The first-order valence-corrected chi connectivity index (χ1v) is 14.7. The summed E-state index contributed by atoms with van der Waals surface area (Å²) < 4.78 is 5.55. The number of alkyl carbamates (subject to hydrolysis) is 1. The van der Waals surface area contributed by atoms with E-state index in [-0.39, 0.29) is 19.1 Å². The molecule has 0 fully saturated rings. The molecular weight excluding hydrogens is 474 g/mol. The number of aliphatic hydroxyl groups excluding tert-OH is 2. The van der Waals surface area contributed by atoms with Crippen molar-refractivity contribution in [1.29, 1.82) is 0 Å². The van der Waals surface area contributed by atoms with Crippen LogP contribution in [0.5, 0.6) is 0 Å². The van der Waals surface area contributed by atoms with Gasteiger partial charge in [0.2, 0.25) is 0 Å². The van der Waals surface area contributed by atoms with Crippen LogP contribution in [0.15, 0.2) is 60.7 Å². The molecule has 3 N–H and O–H groups in total. The molecule has 1 amide bonds. The van der Waals surface area contributed by atoms with Crippen LogP contribution in [0.2, 0.25) is 0 Å². The molecule has 5 nitrogen and oxygen atoms in total. The predicted molar refractivity (Wildman–Crippen MR) is 155 cm³/mol. The normalized spacial score (nSPS) is 14.3. The van der Waals surface area contributed by atoms with Gasteiger partial charge in [0.05, 0.1) is 18.8 Å². The summed E-state index contributed by atoms with van der Waals surface area (Å²) in [6, 6.07) is 15.6. The number of nitrogens with one attached hydrogen (secondary N) is 1. The highest BCUT2D eigenvalue weighted by Gasteiger charge is 2.29. The average molecular weight is 522 g/mol. The Morgan fingerprint density at radius 1 is 0.868 bits per heavy atom. The second-order valence-electron chi connectivity index (χ2n) is 10.5. The Bertz CT molecular complexity index is 943. The quantitative estimate of drug-likeness (QED) is 0.140. The third-order valence-electron chi connectivity index (χ3n) is 7.56. The van der Waals surface area contributed by atoms with Crippen LogP contribution < -0.4 is 5.32 Å². The van der Waals surface area contributed by atoms with Crippen molar-refractivity contribution in [1.82, 2.24) is 5.32 Å². The zero-order chi connectivity index (χ0) is 27.0. The van der Waals surface area contributed by atoms with Crippen LogP contribution >= 0.6 is 0 Å². The van der Waals surface area contributed by atoms with Crippen LogP contribution in [0.4, 0.5) is 4.79 Å². The van der Waals surface area contributed by atoms with E-state index in [1.165, 1.54) is 75.3 Å². The minimum atomic E-state index is -0.965. The average Bonchev–Trinajstić information content (AvgIpc) is 3.26. The molecule has 0 aromatic heterocycles. The molecule has 1 aliphatic rings. The number of allylic oxidation sites excluding steroid dienone is 1. The lowest BCUT2D eigenvalue weighted by molar-refractivity contribution is 0.0990. The second-order valence-corrected chi connectivity index (χ2v) is 10.5. The number of aliphatic hydroxyl groups is 2. The topological polar surface area (TPSA) is 78.8 Å². The van der Waals surface area contributed by atoms with Crippen LogP contribution in [-0.2, 0) is 4.74 Å². The van der Waals surface area contributed by atoms with E-state index in [2.05, 4.69) is 36.5 Å². The molecule has 0 saturated heterocycles. The molecule has 0 saturated carbocycles. The molecule has 2 aromatic carbocycles. The van der Waals surface area contributed by atoms with Gasteiger partial charge in [-0.25, -0.2) is 4.79 Å². The molecule has 0 radical (unpaired) electrons. The molecule has 0 bridgehead atoms. The lowest BCUT2D eigenvalue weighted by Gasteiger charge is -2.21. The van der Waals surface area contributed by atoms with E-state index < -0.39 is 18.2 Å². The van der Waals surface area contributed by atoms with E-state index in [4.69, 9.17) is 4.74 Å². The maximum Gasteiger partial charge on any atom is 0.407 e. The van der Waals surface area contributed by atoms with Crippen molar-refractivity contribution >= 4 is 6.09 Å². The third kappa shape index (κ3) is 9.28. The Balaban J connectivity index is 1.32. The number of carbonyl (C=O) groups is 1. The Hall–Kier alpha value is -2.63. The van der Waals surface area contributed by atoms with Gasteiger partial charge in [-0.05, 0) is 35.1 Å². The van der Waals surface area contributed by atoms with Crippen molar-refractivity contribution in [3.05, 3.63) is 71.8 Å². The van der Waals surface area contributed by atoms with Gasteiger partial charge in [0, 0.05) is 5.92 Å². The number of carbonyl (C=O) groups excluding carboxylic acids is 1. The SMILES string of the molecule is CCCCCCCCCCCCCC=CC(O)[C@@H](CO)NC(=O)OCC1c2ccccc2-c2ccccc21. The summed E-state index contributed by atoms with van der Waals surface area (Å²) in [5.74, 6) is -0.0312. The van der Waals surface area contributed by atoms with Crippen LogP contribution in [0.3, 0.4) is 0 Å². The first-order valence-electron chi connectivity index (χ1n) is 14.7.